The Bertz CT molecular complexity index is 1380. The Morgan fingerprint density at radius 2 is 0.714 bits per heavy atom. The summed E-state index contributed by atoms with van der Waals surface area (Å²) < 4.78 is 47.0. The Kier molecular flexibility index (Phi) is 45.7. The number of unbranched alkanes of at least 4 members (excludes halogenated alkanes) is 36. The van der Waals surface area contributed by atoms with Crippen LogP contribution in [0.2, 0.25) is 0 Å². The molecule has 1 aromatic rings. The molecule has 0 heterocycles. The maximum absolute atomic E-state index is 13.1. The van der Waals surface area contributed by atoms with Gasteiger partial charge in [-0.2, -0.15) is 0 Å². The molecule has 358 valence electrons. The molecular weight excluding hydrogens is 832 g/mol. The maximum Gasteiger partial charge on any atom is 1.00 e. The topological polar surface area (TPSA) is 110 Å². The molecule has 0 fully saturated rings. The van der Waals surface area contributed by atoms with E-state index in [1.54, 1.807) is 0 Å². The van der Waals surface area contributed by atoms with Crippen molar-refractivity contribution < 1.29 is 83.4 Å². The van der Waals surface area contributed by atoms with Crippen LogP contribution in [0.3, 0.4) is 0 Å². The van der Waals surface area contributed by atoms with Crippen molar-refractivity contribution in [3.8, 4) is 0 Å². The quantitative estimate of drug-likeness (QED) is 0.0211. The predicted octanol–water partition coefficient (Wildman–Crippen LogP) is 13.9. The van der Waals surface area contributed by atoms with Gasteiger partial charge in [0, 0.05) is 0 Å². The van der Waals surface area contributed by atoms with Gasteiger partial charge in [0.15, 0.2) is 0 Å². The van der Waals surface area contributed by atoms with E-state index < -0.39 is 32.5 Å². The Hall–Kier alpha value is -0.814. The predicted molar refractivity (Wildman–Crippen MR) is 260 cm³/mol. The Labute approximate surface area is 431 Å². The molecular formula is C54H93KO7S. The molecule has 0 aliphatic heterocycles. The third kappa shape index (κ3) is 37.9. The third-order valence-electron chi connectivity index (χ3n) is 12.2. The van der Waals surface area contributed by atoms with Gasteiger partial charge in [-0.3, -0.25) is 0 Å². The normalized spacial score (nSPS) is 11.7. The minimum Gasteiger partial charge on any atom is -0.744 e. The zero-order valence-corrected chi connectivity index (χ0v) is 45.0. The van der Waals surface area contributed by atoms with Gasteiger partial charge in [0.25, 0.3) is 0 Å². The van der Waals surface area contributed by atoms with E-state index in [0.717, 1.165) is 44.6 Å². The van der Waals surface area contributed by atoms with Crippen molar-refractivity contribution in [2.75, 3.05) is 13.2 Å². The van der Waals surface area contributed by atoms with Crippen molar-refractivity contribution in [3.05, 3.63) is 53.6 Å². The third-order valence-corrected chi connectivity index (χ3v) is 13.1. The van der Waals surface area contributed by atoms with Crippen LogP contribution in [0, 0.1) is 0 Å². The van der Waals surface area contributed by atoms with Gasteiger partial charge in [-0.05, 0) is 64.5 Å². The monoisotopic (exact) mass is 925 g/mol. The molecule has 0 aliphatic carbocycles. The number of allylic oxidation sites excluding steroid dienone is 4. The Morgan fingerprint density at radius 3 is 1.00 bits per heavy atom. The molecule has 0 N–H and O–H groups in total. The van der Waals surface area contributed by atoms with Gasteiger partial charge >= 0.3 is 63.3 Å². The first-order chi connectivity index (χ1) is 30.3. The summed E-state index contributed by atoms with van der Waals surface area (Å²) in [6.45, 7) is 4.45. The fraction of sp³-hybridized carbons (Fsp3) is 0.778. The number of esters is 2. The summed E-state index contributed by atoms with van der Waals surface area (Å²) in [7, 11) is -5.02. The number of ether oxygens (including phenoxy) is 2. The van der Waals surface area contributed by atoms with E-state index in [2.05, 4.69) is 38.2 Å². The average Bonchev–Trinajstić information content (AvgIpc) is 3.26. The zero-order chi connectivity index (χ0) is 45.0. The van der Waals surface area contributed by atoms with Gasteiger partial charge in [0.1, 0.15) is 10.1 Å². The van der Waals surface area contributed by atoms with Crippen molar-refractivity contribution in [1.29, 1.82) is 0 Å². The van der Waals surface area contributed by atoms with Crippen LogP contribution in [-0.4, -0.2) is 38.1 Å². The first-order valence-electron chi connectivity index (χ1n) is 26.0. The van der Waals surface area contributed by atoms with Crippen LogP contribution in [0.25, 0.3) is 0 Å². The molecule has 1 aromatic carbocycles. The SMILES string of the molecule is C/C=C/CCCCCCCCCCCCCCCCCCCCOC(=O)c1cccc(S(=O)(=O)[O-])c1C(=O)OCCCCCCCCCCCCCCCCCCCC/C=C/C.[K+]. The summed E-state index contributed by atoms with van der Waals surface area (Å²) in [6.07, 6.45) is 56.4. The second kappa shape index (κ2) is 46.3. The van der Waals surface area contributed by atoms with Gasteiger partial charge in [-0.25, -0.2) is 18.0 Å². The zero-order valence-electron chi connectivity index (χ0n) is 41.1. The first-order valence-corrected chi connectivity index (χ1v) is 27.4. The summed E-state index contributed by atoms with van der Waals surface area (Å²) in [5.41, 5.74) is -0.767. The van der Waals surface area contributed by atoms with E-state index in [1.165, 1.54) is 205 Å². The minimum atomic E-state index is -5.02. The molecule has 1 rings (SSSR count). The van der Waals surface area contributed by atoms with Gasteiger partial charge in [0.05, 0.1) is 29.2 Å². The van der Waals surface area contributed by atoms with Gasteiger partial charge in [-0.1, -0.05) is 236 Å². The fourth-order valence-electron chi connectivity index (χ4n) is 8.32. The molecule has 0 unspecified atom stereocenters. The Balaban J connectivity index is 0.0000384. The molecule has 63 heavy (non-hydrogen) atoms. The van der Waals surface area contributed by atoms with Crippen molar-refractivity contribution in [3.63, 3.8) is 0 Å². The first kappa shape index (κ1) is 62.2. The summed E-state index contributed by atoms with van der Waals surface area (Å²) in [6, 6.07) is 3.65. The maximum atomic E-state index is 13.1. The standard InChI is InChI=1S/C54H94O7S.K/c1-3-5-7-9-11-13-15-17-19-21-23-25-27-29-31-33-35-37-39-41-43-48-60-53(55)50-46-45-47-51(62(57,58)59)52(50)54(56)61-49-44-42-40-38-36-34-32-30-28-26-24-22-20-18-16-14-12-10-8-6-4-2;/h3-6,45-47H,7-44,48-49H2,1-2H3,(H,57,58,59);/q;+1/p-1/b5-3+,6-4+;. The number of hydrogen-bond donors (Lipinski definition) is 0. The summed E-state index contributed by atoms with van der Waals surface area (Å²) >= 11 is 0. The minimum absolute atomic E-state index is 0. The van der Waals surface area contributed by atoms with Gasteiger partial charge in [-0.15, -0.1) is 0 Å². The number of carbonyl (C=O) groups is 2. The molecule has 0 bridgehead atoms. The van der Waals surface area contributed by atoms with Gasteiger partial charge in [0.2, 0.25) is 0 Å². The van der Waals surface area contributed by atoms with Crippen molar-refractivity contribution >= 4 is 22.1 Å². The summed E-state index contributed by atoms with van der Waals surface area (Å²) in [5.74, 6) is -1.80. The van der Waals surface area contributed by atoms with E-state index in [9.17, 15) is 22.6 Å². The van der Waals surface area contributed by atoms with E-state index in [1.807, 2.05) is 0 Å². The fourth-order valence-corrected chi connectivity index (χ4v) is 9.01. The number of hydrogen-bond acceptors (Lipinski definition) is 7. The van der Waals surface area contributed by atoms with Crippen LogP contribution in [0.1, 0.15) is 279 Å². The molecule has 0 aromatic heterocycles. The summed E-state index contributed by atoms with van der Waals surface area (Å²) in [4.78, 5) is 25.3. The number of rotatable bonds is 45. The summed E-state index contributed by atoms with van der Waals surface area (Å²) in [5, 5.41) is 0. The molecule has 0 spiro atoms. The Morgan fingerprint density at radius 1 is 0.444 bits per heavy atom. The molecule has 0 aliphatic rings. The molecule has 0 saturated carbocycles. The molecule has 0 atom stereocenters. The van der Waals surface area contributed by atoms with Crippen LogP contribution < -0.4 is 51.4 Å². The van der Waals surface area contributed by atoms with Crippen molar-refractivity contribution in [1.82, 2.24) is 0 Å². The smallest absolute Gasteiger partial charge is 0.744 e. The van der Waals surface area contributed by atoms with E-state index in [4.69, 9.17) is 9.47 Å². The van der Waals surface area contributed by atoms with Crippen LogP contribution in [0.5, 0.6) is 0 Å². The van der Waals surface area contributed by atoms with Crippen LogP contribution in [-0.2, 0) is 19.6 Å². The number of carbonyl (C=O) groups excluding carboxylic acids is 2. The second-order valence-corrected chi connectivity index (χ2v) is 19.2. The van der Waals surface area contributed by atoms with E-state index in [0.29, 0.717) is 12.8 Å². The molecule has 9 heteroatoms. The van der Waals surface area contributed by atoms with E-state index in [-0.39, 0.29) is 70.2 Å². The molecule has 0 amide bonds. The molecule has 7 nitrogen and oxygen atoms in total. The second-order valence-electron chi connectivity index (χ2n) is 17.8. The van der Waals surface area contributed by atoms with Crippen LogP contribution in [0.15, 0.2) is 47.4 Å². The molecule has 0 saturated heterocycles. The number of benzene rings is 1. The largest absolute Gasteiger partial charge is 1.00 e. The molecule has 0 radical (unpaired) electrons. The van der Waals surface area contributed by atoms with Crippen molar-refractivity contribution in [2.45, 2.75) is 263 Å². The van der Waals surface area contributed by atoms with Gasteiger partial charge < -0.3 is 14.0 Å². The average molecular weight is 925 g/mol. The van der Waals surface area contributed by atoms with Crippen LogP contribution >= 0.6 is 0 Å². The van der Waals surface area contributed by atoms with E-state index >= 15 is 0 Å². The van der Waals surface area contributed by atoms with Crippen LogP contribution in [0.4, 0.5) is 0 Å². The van der Waals surface area contributed by atoms with Crippen molar-refractivity contribution in [2.24, 2.45) is 0 Å².